The Morgan fingerprint density at radius 1 is 1.15 bits per heavy atom. The van der Waals surface area contributed by atoms with Crippen LogP contribution in [0.25, 0.3) is 0 Å². The molecule has 0 saturated heterocycles. The smallest absolute Gasteiger partial charge is 0.336 e. The minimum Gasteiger partial charge on any atom is -0.478 e. The second-order valence-corrected chi connectivity index (χ2v) is 4.53. The predicted molar refractivity (Wildman–Crippen MR) is 77.6 cm³/mol. The van der Waals surface area contributed by atoms with Crippen molar-refractivity contribution < 1.29 is 9.90 Å². The zero-order valence-corrected chi connectivity index (χ0v) is 11.5. The van der Waals surface area contributed by atoms with Crippen LogP contribution in [0.3, 0.4) is 0 Å². The molecule has 0 aliphatic heterocycles. The van der Waals surface area contributed by atoms with E-state index < -0.39 is 5.97 Å². The molecule has 104 valence electrons. The van der Waals surface area contributed by atoms with Crippen LogP contribution in [0, 0.1) is 0 Å². The zero-order valence-electron chi connectivity index (χ0n) is 11.5. The molecule has 0 radical (unpaired) electrons. The number of rotatable bonds is 6. The van der Waals surface area contributed by atoms with Gasteiger partial charge in [0.1, 0.15) is 0 Å². The molecule has 0 aliphatic carbocycles. The molecule has 1 aromatic carbocycles. The third kappa shape index (κ3) is 3.42. The molecule has 4 heteroatoms. The molecular formula is C16H18N2O2. The lowest BCUT2D eigenvalue weighted by Crippen LogP contribution is -2.17. The Kier molecular flexibility index (Phi) is 4.85. The molecule has 0 amide bonds. The van der Waals surface area contributed by atoms with E-state index in [-0.39, 0.29) is 0 Å². The molecule has 2 rings (SSSR count). The fourth-order valence-electron chi connectivity index (χ4n) is 2.15. The highest BCUT2D eigenvalue weighted by atomic mass is 16.4. The van der Waals surface area contributed by atoms with Crippen molar-refractivity contribution in [2.24, 2.45) is 0 Å². The van der Waals surface area contributed by atoms with Crippen molar-refractivity contribution in [3.8, 4) is 0 Å². The first-order valence-electron chi connectivity index (χ1n) is 6.67. The number of nitrogens with zero attached hydrogens (tertiary/aromatic N) is 1. The number of aromatic carboxylic acids is 1. The lowest BCUT2D eigenvalue weighted by molar-refractivity contribution is 0.0695. The van der Waals surface area contributed by atoms with E-state index in [0.29, 0.717) is 18.7 Å². The normalized spacial score (nSPS) is 10.4. The molecule has 0 bridgehead atoms. The molecule has 1 aromatic heterocycles. The van der Waals surface area contributed by atoms with Gasteiger partial charge in [-0.2, -0.15) is 0 Å². The highest BCUT2D eigenvalue weighted by molar-refractivity contribution is 5.89. The molecule has 0 atom stereocenters. The molecule has 0 aliphatic rings. The van der Waals surface area contributed by atoms with Crippen LogP contribution in [0.1, 0.15) is 34.1 Å². The lowest BCUT2D eigenvalue weighted by Gasteiger charge is -2.09. The van der Waals surface area contributed by atoms with Crippen molar-refractivity contribution in [2.75, 3.05) is 0 Å². The van der Waals surface area contributed by atoms with Crippen LogP contribution in [0.2, 0.25) is 0 Å². The van der Waals surface area contributed by atoms with Crippen LogP contribution in [-0.4, -0.2) is 16.1 Å². The van der Waals surface area contributed by atoms with Crippen LogP contribution in [-0.2, 0) is 19.5 Å². The van der Waals surface area contributed by atoms with Crippen molar-refractivity contribution in [2.45, 2.75) is 26.4 Å². The SMILES string of the molecule is CCc1cccnc1CNCc1ccccc1C(=O)O. The van der Waals surface area contributed by atoms with E-state index in [1.165, 1.54) is 5.56 Å². The Balaban J connectivity index is 2.01. The maximum absolute atomic E-state index is 11.1. The minimum atomic E-state index is -0.894. The van der Waals surface area contributed by atoms with Crippen molar-refractivity contribution in [3.05, 3.63) is 65.0 Å². The predicted octanol–water partition coefficient (Wildman–Crippen LogP) is 2.63. The number of hydrogen-bond donors (Lipinski definition) is 2. The van der Waals surface area contributed by atoms with Gasteiger partial charge in [-0.05, 0) is 29.7 Å². The van der Waals surface area contributed by atoms with Gasteiger partial charge in [-0.25, -0.2) is 4.79 Å². The quantitative estimate of drug-likeness (QED) is 0.847. The number of carboxylic acids is 1. The summed E-state index contributed by atoms with van der Waals surface area (Å²) in [4.78, 5) is 15.5. The summed E-state index contributed by atoms with van der Waals surface area (Å²) in [6.45, 7) is 3.25. The Bertz CT molecular complexity index is 597. The maximum atomic E-state index is 11.1. The summed E-state index contributed by atoms with van der Waals surface area (Å²) in [6, 6.07) is 11.0. The highest BCUT2D eigenvalue weighted by Crippen LogP contribution is 2.10. The summed E-state index contributed by atoms with van der Waals surface area (Å²) in [6.07, 6.45) is 2.72. The molecule has 0 spiro atoms. The zero-order chi connectivity index (χ0) is 14.4. The average molecular weight is 270 g/mol. The topological polar surface area (TPSA) is 62.2 Å². The molecule has 20 heavy (non-hydrogen) atoms. The fourth-order valence-corrected chi connectivity index (χ4v) is 2.15. The van der Waals surface area contributed by atoms with Gasteiger partial charge in [0.25, 0.3) is 0 Å². The number of carboxylic acid groups (broad SMARTS) is 1. The van der Waals surface area contributed by atoms with Gasteiger partial charge in [-0.3, -0.25) is 4.98 Å². The number of nitrogens with one attached hydrogen (secondary N) is 1. The first kappa shape index (κ1) is 14.2. The summed E-state index contributed by atoms with van der Waals surface area (Å²) in [5, 5.41) is 12.4. The molecule has 2 aromatic rings. The minimum absolute atomic E-state index is 0.344. The fraction of sp³-hybridized carbons (Fsp3) is 0.250. The summed E-state index contributed by atoms with van der Waals surface area (Å²) >= 11 is 0. The Morgan fingerprint density at radius 2 is 1.90 bits per heavy atom. The van der Waals surface area contributed by atoms with E-state index in [4.69, 9.17) is 5.11 Å². The summed E-state index contributed by atoms with van der Waals surface area (Å²) < 4.78 is 0. The van der Waals surface area contributed by atoms with Gasteiger partial charge in [0.05, 0.1) is 11.3 Å². The summed E-state index contributed by atoms with van der Waals surface area (Å²) in [5.74, 6) is -0.894. The Labute approximate surface area is 118 Å². The van der Waals surface area contributed by atoms with Gasteiger partial charge in [-0.15, -0.1) is 0 Å². The number of carbonyl (C=O) groups is 1. The van der Waals surface area contributed by atoms with E-state index in [2.05, 4.69) is 23.3 Å². The average Bonchev–Trinajstić information content (AvgIpc) is 2.48. The van der Waals surface area contributed by atoms with Gasteiger partial charge >= 0.3 is 5.97 Å². The second-order valence-electron chi connectivity index (χ2n) is 4.53. The van der Waals surface area contributed by atoms with Crippen molar-refractivity contribution in [3.63, 3.8) is 0 Å². The van der Waals surface area contributed by atoms with E-state index in [9.17, 15) is 4.79 Å². The maximum Gasteiger partial charge on any atom is 0.336 e. The first-order valence-corrected chi connectivity index (χ1v) is 6.67. The van der Waals surface area contributed by atoms with Gasteiger partial charge in [0, 0.05) is 19.3 Å². The number of pyridine rings is 1. The molecular weight excluding hydrogens is 252 g/mol. The molecule has 0 saturated carbocycles. The first-order chi connectivity index (χ1) is 9.72. The van der Waals surface area contributed by atoms with Gasteiger partial charge < -0.3 is 10.4 Å². The monoisotopic (exact) mass is 270 g/mol. The van der Waals surface area contributed by atoms with E-state index in [1.54, 1.807) is 18.3 Å². The molecule has 1 heterocycles. The van der Waals surface area contributed by atoms with Crippen molar-refractivity contribution >= 4 is 5.97 Å². The molecule has 0 unspecified atom stereocenters. The number of aryl methyl sites for hydroxylation is 1. The van der Waals surface area contributed by atoms with E-state index in [0.717, 1.165) is 17.7 Å². The van der Waals surface area contributed by atoms with Crippen molar-refractivity contribution in [1.82, 2.24) is 10.3 Å². The second kappa shape index (κ2) is 6.82. The summed E-state index contributed by atoms with van der Waals surface area (Å²) in [7, 11) is 0. The van der Waals surface area contributed by atoms with Crippen LogP contribution in [0.15, 0.2) is 42.6 Å². The number of benzene rings is 1. The summed E-state index contributed by atoms with van der Waals surface area (Å²) in [5.41, 5.74) is 3.36. The standard InChI is InChI=1S/C16H18N2O2/c1-2-12-7-5-9-18-15(12)11-17-10-13-6-3-4-8-14(13)16(19)20/h3-9,17H,2,10-11H2,1H3,(H,19,20). The Hall–Kier alpha value is -2.20. The highest BCUT2D eigenvalue weighted by Gasteiger charge is 2.08. The number of hydrogen-bond acceptors (Lipinski definition) is 3. The third-order valence-electron chi connectivity index (χ3n) is 3.22. The largest absolute Gasteiger partial charge is 0.478 e. The van der Waals surface area contributed by atoms with Crippen LogP contribution < -0.4 is 5.32 Å². The number of aromatic nitrogens is 1. The van der Waals surface area contributed by atoms with Crippen LogP contribution in [0.4, 0.5) is 0 Å². The van der Waals surface area contributed by atoms with E-state index >= 15 is 0 Å². The molecule has 4 nitrogen and oxygen atoms in total. The van der Waals surface area contributed by atoms with Gasteiger partial charge in [0.2, 0.25) is 0 Å². The third-order valence-corrected chi connectivity index (χ3v) is 3.22. The van der Waals surface area contributed by atoms with Crippen molar-refractivity contribution in [1.29, 1.82) is 0 Å². The lowest BCUT2D eigenvalue weighted by atomic mass is 10.1. The van der Waals surface area contributed by atoms with Gasteiger partial charge in [0.15, 0.2) is 0 Å². The Morgan fingerprint density at radius 3 is 2.65 bits per heavy atom. The van der Waals surface area contributed by atoms with Crippen LogP contribution >= 0.6 is 0 Å². The molecule has 2 N–H and O–H groups in total. The molecule has 0 fully saturated rings. The van der Waals surface area contributed by atoms with Gasteiger partial charge in [-0.1, -0.05) is 31.2 Å². The van der Waals surface area contributed by atoms with Crippen LogP contribution in [0.5, 0.6) is 0 Å². The van der Waals surface area contributed by atoms with E-state index in [1.807, 2.05) is 18.2 Å².